The van der Waals surface area contributed by atoms with E-state index in [0.717, 1.165) is 96.4 Å². The van der Waals surface area contributed by atoms with E-state index in [0.29, 0.717) is 5.92 Å². The molecule has 164 valence electrons. The monoisotopic (exact) mass is 406 g/mol. The largest absolute Gasteiger partial charge is 0.381 e. The molecule has 0 spiro atoms. The van der Waals surface area contributed by atoms with Gasteiger partial charge in [-0.3, -0.25) is 4.99 Å². The van der Waals surface area contributed by atoms with Gasteiger partial charge in [0.15, 0.2) is 5.96 Å². The van der Waals surface area contributed by atoms with Gasteiger partial charge in [0, 0.05) is 66.0 Å². The van der Waals surface area contributed by atoms with Crippen LogP contribution in [-0.4, -0.2) is 67.3 Å². The van der Waals surface area contributed by atoms with Crippen molar-refractivity contribution in [1.82, 2.24) is 25.4 Å². The summed E-state index contributed by atoms with van der Waals surface area (Å²) in [4.78, 5) is 4.30. The maximum atomic E-state index is 5.81. The molecule has 3 rings (SSSR count). The van der Waals surface area contributed by atoms with E-state index in [1.807, 2.05) is 7.05 Å². The molecule has 0 unspecified atom stereocenters. The number of aliphatic imine (C=N–C) groups is 1. The number of ether oxygens (including phenoxy) is 2. The predicted molar refractivity (Wildman–Crippen MR) is 114 cm³/mol. The predicted octanol–water partition coefficient (Wildman–Crippen LogP) is 1.94. The van der Waals surface area contributed by atoms with Crippen molar-refractivity contribution < 1.29 is 9.47 Å². The highest BCUT2D eigenvalue weighted by atomic mass is 16.5. The van der Waals surface area contributed by atoms with Gasteiger partial charge in [-0.2, -0.15) is 0 Å². The van der Waals surface area contributed by atoms with E-state index in [1.54, 1.807) is 0 Å². The van der Waals surface area contributed by atoms with E-state index in [-0.39, 0.29) is 0 Å². The smallest absolute Gasteiger partial charge is 0.190 e. The Kier molecular flexibility index (Phi) is 9.72. The Hall–Kier alpha value is -1.67. The van der Waals surface area contributed by atoms with Crippen LogP contribution in [0.4, 0.5) is 0 Å². The molecule has 0 aliphatic carbocycles. The van der Waals surface area contributed by atoms with Gasteiger partial charge < -0.3 is 24.7 Å². The van der Waals surface area contributed by atoms with Gasteiger partial charge >= 0.3 is 0 Å². The summed E-state index contributed by atoms with van der Waals surface area (Å²) in [5.41, 5.74) is 0. The number of nitrogens with one attached hydrogen (secondary N) is 2. The van der Waals surface area contributed by atoms with Crippen molar-refractivity contribution >= 4 is 5.96 Å². The average Bonchev–Trinajstić information content (AvgIpc) is 2.98. The van der Waals surface area contributed by atoms with Gasteiger partial charge in [0.25, 0.3) is 0 Å². The Morgan fingerprint density at radius 3 is 2.79 bits per heavy atom. The highest BCUT2D eigenvalue weighted by Crippen LogP contribution is 2.15. The number of guanidine groups is 1. The number of rotatable bonds is 10. The van der Waals surface area contributed by atoms with Crippen LogP contribution < -0.4 is 10.6 Å². The average molecular weight is 407 g/mol. The molecular weight excluding hydrogens is 368 g/mol. The standard InChI is InChI=1S/C21H38N6O2/c1-22-21(24-12-6-14-29-17-18-9-15-28-16-10-18)23-11-5-8-20-26-25-19-7-3-2-4-13-27(19)20/h18H,2-17H2,1H3,(H2,22,23,24). The molecule has 2 aliphatic rings. The van der Waals surface area contributed by atoms with Crippen molar-refractivity contribution in [2.75, 3.05) is 46.6 Å². The van der Waals surface area contributed by atoms with E-state index in [4.69, 9.17) is 9.47 Å². The van der Waals surface area contributed by atoms with Crippen LogP contribution in [-0.2, 0) is 28.9 Å². The first kappa shape index (κ1) is 22.0. The van der Waals surface area contributed by atoms with E-state index in [9.17, 15) is 0 Å². The van der Waals surface area contributed by atoms with Gasteiger partial charge in [0.1, 0.15) is 11.6 Å². The molecular formula is C21H38N6O2. The van der Waals surface area contributed by atoms with Crippen LogP contribution in [0.25, 0.3) is 0 Å². The van der Waals surface area contributed by atoms with Gasteiger partial charge in [-0.05, 0) is 44.4 Å². The Bertz CT molecular complexity index is 612. The zero-order valence-corrected chi connectivity index (χ0v) is 18.0. The highest BCUT2D eigenvalue weighted by molar-refractivity contribution is 5.79. The fourth-order valence-corrected chi connectivity index (χ4v) is 3.95. The lowest BCUT2D eigenvalue weighted by atomic mass is 10.0. The minimum atomic E-state index is 0.673. The van der Waals surface area contributed by atoms with Crippen molar-refractivity contribution in [3.63, 3.8) is 0 Å². The van der Waals surface area contributed by atoms with Gasteiger partial charge in [-0.25, -0.2) is 0 Å². The number of hydrogen-bond donors (Lipinski definition) is 2. The summed E-state index contributed by atoms with van der Waals surface area (Å²) < 4.78 is 13.5. The van der Waals surface area contributed by atoms with Crippen LogP contribution in [0.15, 0.2) is 4.99 Å². The lowest BCUT2D eigenvalue weighted by molar-refractivity contribution is 0.0203. The fourth-order valence-electron chi connectivity index (χ4n) is 3.95. The summed E-state index contributed by atoms with van der Waals surface area (Å²) in [6.07, 6.45) is 10.1. The normalized spacial score (nSPS) is 18.3. The van der Waals surface area contributed by atoms with E-state index >= 15 is 0 Å². The molecule has 1 saturated heterocycles. The second kappa shape index (κ2) is 12.8. The first-order valence-electron chi connectivity index (χ1n) is 11.4. The van der Waals surface area contributed by atoms with Crippen LogP contribution in [0.3, 0.4) is 0 Å². The zero-order valence-electron chi connectivity index (χ0n) is 18.0. The van der Waals surface area contributed by atoms with E-state index < -0.39 is 0 Å². The summed E-state index contributed by atoms with van der Waals surface area (Å²) in [7, 11) is 1.81. The topological polar surface area (TPSA) is 85.6 Å². The van der Waals surface area contributed by atoms with E-state index in [2.05, 4.69) is 30.4 Å². The molecule has 1 fully saturated rings. The molecule has 2 N–H and O–H groups in total. The lowest BCUT2D eigenvalue weighted by Gasteiger charge is -2.21. The molecule has 8 nitrogen and oxygen atoms in total. The van der Waals surface area contributed by atoms with Crippen LogP contribution in [0.5, 0.6) is 0 Å². The van der Waals surface area contributed by atoms with Gasteiger partial charge in [-0.15, -0.1) is 10.2 Å². The number of hydrogen-bond acceptors (Lipinski definition) is 5. The molecule has 0 saturated carbocycles. The third-order valence-corrected chi connectivity index (χ3v) is 5.73. The molecule has 0 bridgehead atoms. The van der Waals surface area contributed by atoms with Crippen LogP contribution in [0, 0.1) is 5.92 Å². The summed E-state index contributed by atoms with van der Waals surface area (Å²) in [5.74, 6) is 3.83. The second-order valence-electron chi connectivity index (χ2n) is 8.01. The molecule has 0 radical (unpaired) electrons. The van der Waals surface area contributed by atoms with Crippen molar-refractivity contribution in [3.8, 4) is 0 Å². The molecule has 0 amide bonds. The maximum Gasteiger partial charge on any atom is 0.190 e. The van der Waals surface area contributed by atoms with Crippen LogP contribution >= 0.6 is 0 Å². The lowest BCUT2D eigenvalue weighted by Crippen LogP contribution is -2.38. The Morgan fingerprint density at radius 1 is 1.14 bits per heavy atom. The van der Waals surface area contributed by atoms with Crippen molar-refractivity contribution in [1.29, 1.82) is 0 Å². The highest BCUT2D eigenvalue weighted by Gasteiger charge is 2.14. The van der Waals surface area contributed by atoms with Gasteiger partial charge in [0.2, 0.25) is 0 Å². The third-order valence-electron chi connectivity index (χ3n) is 5.73. The quantitative estimate of drug-likeness (QED) is 0.351. The third kappa shape index (κ3) is 7.59. The van der Waals surface area contributed by atoms with Crippen molar-refractivity contribution in [2.45, 2.75) is 64.3 Å². The second-order valence-corrected chi connectivity index (χ2v) is 8.01. The van der Waals surface area contributed by atoms with Crippen molar-refractivity contribution in [3.05, 3.63) is 11.6 Å². The first-order valence-corrected chi connectivity index (χ1v) is 11.4. The van der Waals surface area contributed by atoms with Crippen LogP contribution in [0.1, 0.15) is 56.6 Å². The van der Waals surface area contributed by atoms with Gasteiger partial charge in [0.05, 0.1) is 0 Å². The van der Waals surface area contributed by atoms with Crippen molar-refractivity contribution in [2.24, 2.45) is 10.9 Å². The Labute approximate surface area is 174 Å². The summed E-state index contributed by atoms with van der Waals surface area (Å²) in [6, 6.07) is 0. The van der Waals surface area contributed by atoms with Crippen LogP contribution in [0.2, 0.25) is 0 Å². The molecule has 8 heteroatoms. The molecule has 2 aliphatic heterocycles. The first-order chi connectivity index (χ1) is 14.4. The zero-order chi connectivity index (χ0) is 20.2. The van der Waals surface area contributed by atoms with Gasteiger partial charge in [-0.1, -0.05) is 6.42 Å². The minimum Gasteiger partial charge on any atom is -0.381 e. The maximum absolute atomic E-state index is 5.81. The number of nitrogens with zero attached hydrogens (tertiary/aromatic N) is 4. The molecule has 0 aromatic carbocycles. The number of aromatic nitrogens is 3. The SMILES string of the molecule is CN=C(NCCCOCC1CCOCC1)NCCCc1nnc2n1CCCCC2. The molecule has 0 atom stereocenters. The van der Waals surface area contributed by atoms with E-state index in [1.165, 1.54) is 25.1 Å². The summed E-state index contributed by atoms with van der Waals surface area (Å²) >= 11 is 0. The molecule has 3 heterocycles. The number of aryl methyl sites for hydroxylation is 2. The fraction of sp³-hybridized carbons (Fsp3) is 0.857. The summed E-state index contributed by atoms with van der Waals surface area (Å²) in [6.45, 7) is 6.24. The molecule has 1 aromatic heterocycles. The Balaban J connectivity index is 1.23. The summed E-state index contributed by atoms with van der Waals surface area (Å²) in [5, 5.41) is 15.5. The minimum absolute atomic E-state index is 0.673. The molecule has 29 heavy (non-hydrogen) atoms. The Morgan fingerprint density at radius 2 is 1.97 bits per heavy atom. The molecule has 1 aromatic rings. The number of fused-ring (bicyclic) bond motifs is 1.